The van der Waals surface area contributed by atoms with Crippen molar-refractivity contribution >= 4 is 46.3 Å². The van der Waals surface area contributed by atoms with Gasteiger partial charge in [0.25, 0.3) is 11.6 Å². The molecule has 1 amide bonds. The molecule has 0 fully saturated rings. The number of nitrogens with one attached hydrogen (secondary N) is 3. The van der Waals surface area contributed by atoms with E-state index in [9.17, 15) is 9.70 Å². The van der Waals surface area contributed by atoms with Crippen LogP contribution < -0.4 is 15.8 Å². The second-order valence-electron chi connectivity index (χ2n) is 5.53. The topological polar surface area (TPSA) is 128 Å². The van der Waals surface area contributed by atoms with Gasteiger partial charge in [0.05, 0.1) is 6.20 Å². The van der Waals surface area contributed by atoms with Crippen LogP contribution in [0.3, 0.4) is 0 Å². The van der Waals surface area contributed by atoms with Crippen LogP contribution in [0, 0.1) is 4.91 Å². The molecule has 0 radical (unpaired) electrons. The summed E-state index contributed by atoms with van der Waals surface area (Å²) in [4.78, 5) is 30.9. The molecule has 8 nitrogen and oxygen atoms in total. The summed E-state index contributed by atoms with van der Waals surface area (Å²) in [7, 11) is 0. The quantitative estimate of drug-likeness (QED) is 0.526. The molecule has 3 aromatic rings. The highest BCUT2D eigenvalue weighted by Gasteiger charge is 2.10. The lowest BCUT2D eigenvalue weighted by Crippen LogP contribution is -2.55. The molecule has 4 N–H and O–H groups in total. The summed E-state index contributed by atoms with van der Waals surface area (Å²) in [6.07, 6.45) is 1.42. The third-order valence-corrected chi connectivity index (χ3v) is 4.06. The summed E-state index contributed by atoms with van der Waals surface area (Å²) < 4.78 is 0. The molecule has 2 aromatic carbocycles. The van der Waals surface area contributed by atoms with Crippen molar-refractivity contribution in [3.8, 4) is 0 Å². The molecule has 0 saturated heterocycles. The molecule has 28 heavy (non-hydrogen) atoms. The van der Waals surface area contributed by atoms with Crippen LogP contribution in [0.1, 0.15) is 15.9 Å². The fraction of sp³-hybridized carbons (Fsp3) is 0.0556. The normalized spacial score (nSPS) is 9.93. The lowest BCUT2D eigenvalue weighted by atomic mass is 10.1. The van der Waals surface area contributed by atoms with Gasteiger partial charge < -0.3 is 16.1 Å². The number of benzene rings is 2. The highest BCUT2D eigenvalue weighted by atomic mass is 35.5. The summed E-state index contributed by atoms with van der Waals surface area (Å²) in [6.45, 7) is 0.423. The van der Waals surface area contributed by atoms with Gasteiger partial charge in [-0.2, -0.15) is 4.98 Å². The first kappa shape index (κ1) is 21.2. The van der Waals surface area contributed by atoms with Gasteiger partial charge in [-0.15, -0.1) is 0 Å². The number of hydrogen-bond acceptors (Lipinski definition) is 6. The first-order valence-corrected chi connectivity index (χ1v) is 8.61. The zero-order valence-corrected chi connectivity index (χ0v) is 15.8. The Morgan fingerprint density at radius 3 is 2.68 bits per heavy atom. The maximum Gasteiger partial charge on any atom is 0.255 e. The molecule has 144 valence electrons. The zero-order chi connectivity index (χ0) is 19.2. The maximum atomic E-state index is 12.3. The monoisotopic (exact) mass is 419 g/mol. The van der Waals surface area contributed by atoms with Crippen LogP contribution in [0.4, 0.5) is 17.2 Å². The number of nitroso groups, excluding NO2 is 1. The van der Waals surface area contributed by atoms with E-state index in [1.807, 2.05) is 18.2 Å². The van der Waals surface area contributed by atoms with E-state index in [4.69, 9.17) is 23.2 Å². The molecule has 0 bridgehead atoms. The molecular formula is C18H15Cl2N5O3. The van der Waals surface area contributed by atoms with Crippen molar-refractivity contribution in [3.05, 3.63) is 81.1 Å². The summed E-state index contributed by atoms with van der Waals surface area (Å²) >= 11 is 11.8. The number of anilines is 2. The Balaban J connectivity index is 0.00000280. The van der Waals surface area contributed by atoms with Gasteiger partial charge in [0, 0.05) is 40.0 Å². The molecule has 1 aromatic heterocycles. The third-order valence-electron chi connectivity index (χ3n) is 3.60. The number of hydrogen-bond donors (Lipinski definition) is 3. The number of halogens is 2. The number of carbonyl (C=O) groups is 1. The average Bonchev–Trinajstić information content (AvgIpc) is 2.69. The summed E-state index contributed by atoms with van der Waals surface area (Å²) in [5.74, 6) is 0.107. The highest BCUT2D eigenvalue weighted by molar-refractivity contribution is 6.33. The zero-order valence-electron chi connectivity index (χ0n) is 14.3. The average molecular weight is 420 g/mol. The first-order valence-electron chi connectivity index (χ1n) is 7.85. The van der Waals surface area contributed by atoms with E-state index >= 15 is 0 Å². The number of nitrogens with zero attached hydrogens (tertiary/aromatic N) is 2. The van der Waals surface area contributed by atoms with Gasteiger partial charge in [-0.3, -0.25) is 4.79 Å². The lowest BCUT2D eigenvalue weighted by Gasteiger charge is -2.10. The summed E-state index contributed by atoms with van der Waals surface area (Å²) in [5.41, 5.74) is 2.21. The number of rotatable bonds is 6. The minimum absolute atomic E-state index is 0. The van der Waals surface area contributed by atoms with Crippen molar-refractivity contribution in [3.63, 3.8) is 0 Å². The molecular weight excluding hydrogens is 405 g/mol. The van der Waals surface area contributed by atoms with Crippen LogP contribution in [-0.2, 0) is 6.54 Å². The Morgan fingerprint density at radius 1 is 1.11 bits per heavy atom. The molecule has 0 aliphatic rings. The predicted octanol–water partition coefficient (Wildman–Crippen LogP) is 2.95. The highest BCUT2D eigenvalue weighted by Crippen LogP contribution is 2.21. The van der Waals surface area contributed by atoms with Gasteiger partial charge >= 0.3 is 0 Å². The van der Waals surface area contributed by atoms with Crippen molar-refractivity contribution in [2.24, 2.45) is 0 Å². The van der Waals surface area contributed by atoms with Crippen LogP contribution >= 0.6 is 23.2 Å². The van der Waals surface area contributed by atoms with Crippen LogP contribution in [0.5, 0.6) is 0 Å². The fourth-order valence-corrected chi connectivity index (χ4v) is 2.63. The van der Waals surface area contributed by atoms with Gasteiger partial charge in [0.2, 0.25) is 5.28 Å². The van der Waals surface area contributed by atoms with E-state index in [0.717, 1.165) is 5.56 Å². The van der Waals surface area contributed by atoms with Crippen LogP contribution in [-0.4, -0.2) is 21.4 Å². The van der Waals surface area contributed by atoms with Crippen molar-refractivity contribution in [1.82, 2.24) is 9.97 Å². The number of amides is 1. The van der Waals surface area contributed by atoms with Gasteiger partial charge in [-0.05, 0) is 35.4 Å². The van der Waals surface area contributed by atoms with Crippen molar-refractivity contribution in [1.29, 1.82) is 0 Å². The summed E-state index contributed by atoms with van der Waals surface area (Å²) in [5, 5.41) is 8.09. The predicted molar refractivity (Wildman–Crippen MR) is 106 cm³/mol. The molecule has 1 heterocycles. The molecule has 3 rings (SSSR count). The molecule has 0 aliphatic carbocycles. The standard InChI is InChI=1S/C18H13Cl2N5O2.H2O/c19-15-10-22-18(20)24-16(15)21-9-11-3-1-5-13(7-11)23-17(26)12-4-2-6-14(8-12)25-27;/h1-8,10H,9H2,(H,23,26)(H,21,22,24);1H2. The second kappa shape index (κ2) is 9.75. The lowest BCUT2D eigenvalue weighted by molar-refractivity contribution is -0.379. The Kier molecular flexibility index (Phi) is 7.39. The molecule has 0 saturated carbocycles. The number of aromatic nitrogens is 2. The van der Waals surface area contributed by atoms with Crippen LogP contribution in [0.2, 0.25) is 10.3 Å². The van der Waals surface area contributed by atoms with Gasteiger partial charge in [-0.25, -0.2) is 4.98 Å². The van der Waals surface area contributed by atoms with E-state index in [-0.39, 0.29) is 16.7 Å². The van der Waals surface area contributed by atoms with Gasteiger partial charge in [-0.1, -0.05) is 29.8 Å². The minimum Gasteiger partial charge on any atom is -0.870 e. The summed E-state index contributed by atoms with van der Waals surface area (Å²) in [6, 6.07) is 13.6. The minimum atomic E-state index is -0.317. The van der Waals surface area contributed by atoms with E-state index < -0.39 is 0 Å². The van der Waals surface area contributed by atoms with Gasteiger partial charge in [0.1, 0.15) is 10.8 Å². The molecule has 0 spiro atoms. The van der Waals surface area contributed by atoms with Gasteiger partial charge in [0.15, 0.2) is 0 Å². The molecule has 10 heteroatoms. The molecule has 0 aliphatic heterocycles. The van der Waals surface area contributed by atoms with E-state index in [1.165, 1.54) is 12.3 Å². The Morgan fingerprint density at radius 2 is 1.89 bits per heavy atom. The Labute approximate surface area is 170 Å². The van der Waals surface area contributed by atoms with E-state index in [1.54, 1.807) is 29.4 Å². The van der Waals surface area contributed by atoms with Crippen LogP contribution in [0.25, 0.3) is 0 Å². The van der Waals surface area contributed by atoms with E-state index in [2.05, 4.69) is 20.6 Å². The number of carbonyl (C=O) groups excluding carboxylic acids is 1. The SMILES string of the molecule is O=[NH+]c1cccc(C(=O)Nc2cccc(CNc3nc(Cl)ncc3Cl)c2)c1.[OH-]. The first-order chi connectivity index (χ1) is 13.0. The van der Waals surface area contributed by atoms with Crippen molar-refractivity contribution < 1.29 is 15.4 Å². The molecule has 0 unspecified atom stereocenters. The van der Waals surface area contributed by atoms with Crippen molar-refractivity contribution in [2.45, 2.75) is 6.54 Å². The Hall–Kier alpha value is -3.07. The maximum absolute atomic E-state index is 12.3. The Bertz CT molecular complexity index is 1000. The fourth-order valence-electron chi connectivity index (χ4n) is 2.34. The third kappa shape index (κ3) is 5.46. The van der Waals surface area contributed by atoms with Crippen LogP contribution in [0.15, 0.2) is 54.7 Å². The molecule has 0 atom stereocenters. The largest absolute Gasteiger partial charge is 0.870 e. The smallest absolute Gasteiger partial charge is 0.255 e. The van der Waals surface area contributed by atoms with Crippen molar-refractivity contribution in [2.75, 3.05) is 10.6 Å². The van der Waals surface area contributed by atoms with E-state index in [0.29, 0.717) is 34.3 Å². The second-order valence-corrected chi connectivity index (χ2v) is 6.27.